The van der Waals surface area contributed by atoms with Crippen molar-refractivity contribution in [2.45, 2.75) is 19.9 Å². The Bertz CT molecular complexity index is 606. The topological polar surface area (TPSA) is 85.6 Å². The number of halogens is 1. The molecule has 1 aromatic rings. The molecule has 0 aliphatic carbocycles. The minimum atomic E-state index is -1.08. The van der Waals surface area contributed by atoms with Gasteiger partial charge in [-0.2, -0.15) is 0 Å². The minimum Gasteiger partial charge on any atom is -0.361 e. The summed E-state index contributed by atoms with van der Waals surface area (Å²) in [5.74, 6) is -0.0953. The van der Waals surface area contributed by atoms with Gasteiger partial charge in [-0.25, -0.2) is 9.82 Å². The second kappa shape index (κ2) is 7.46. The second-order valence-electron chi connectivity index (χ2n) is 4.50. The Morgan fingerprint density at radius 2 is 2.36 bits per heavy atom. The summed E-state index contributed by atoms with van der Waals surface area (Å²) in [6.45, 7) is 3.07. The molecule has 1 aliphatic rings. The van der Waals surface area contributed by atoms with Crippen molar-refractivity contribution in [1.82, 2.24) is 9.88 Å². The zero-order valence-electron chi connectivity index (χ0n) is 11.8. The largest absolute Gasteiger partial charge is 0.361 e. The number of thioether (sulfide) groups is 1. The molecule has 0 atom stereocenters. The van der Waals surface area contributed by atoms with Crippen LogP contribution in [0.25, 0.3) is 0 Å². The molecule has 0 spiro atoms. The van der Waals surface area contributed by atoms with Gasteiger partial charge in [-0.05, 0) is 18.1 Å². The third-order valence-corrected chi connectivity index (χ3v) is 4.45. The fourth-order valence-electron chi connectivity index (χ4n) is 2.10. The van der Waals surface area contributed by atoms with Crippen LogP contribution in [0.4, 0.5) is 0 Å². The van der Waals surface area contributed by atoms with Gasteiger partial charge in [0.1, 0.15) is 5.15 Å². The van der Waals surface area contributed by atoms with Gasteiger partial charge in [-0.3, -0.25) is 4.79 Å². The van der Waals surface area contributed by atoms with Gasteiger partial charge in [0, 0.05) is 25.0 Å². The molecule has 0 unspecified atom stereocenters. The maximum atomic E-state index is 11.8. The van der Waals surface area contributed by atoms with Gasteiger partial charge in [0.2, 0.25) is 0 Å². The van der Waals surface area contributed by atoms with Gasteiger partial charge in [0.25, 0.3) is 0 Å². The van der Waals surface area contributed by atoms with Crippen molar-refractivity contribution in [2.75, 3.05) is 12.3 Å². The van der Waals surface area contributed by atoms with E-state index in [0.717, 1.165) is 22.9 Å². The molecule has 0 amide bonds. The number of hydrogen-bond acceptors (Lipinski definition) is 7. The van der Waals surface area contributed by atoms with E-state index in [1.54, 1.807) is 19.2 Å². The molecule has 0 saturated carbocycles. The summed E-state index contributed by atoms with van der Waals surface area (Å²) in [7, 11) is 0. The van der Waals surface area contributed by atoms with Crippen LogP contribution in [0.5, 0.6) is 0 Å². The van der Waals surface area contributed by atoms with E-state index in [9.17, 15) is 14.9 Å². The third-order valence-electron chi connectivity index (χ3n) is 3.06. The highest BCUT2D eigenvalue weighted by Gasteiger charge is 2.26. The molecular weight excluding hydrogens is 330 g/mol. The van der Waals surface area contributed by atoms with E-state index < -0.39 is 11.1 Å². The smallest absolute Gasteiger partial charge is 0.333 e. The number of carbonyl (C=O) groups excluding carboxylic acids is 1. The van der Waals surface area contributed by atoms with Crippen molar-refractivity contribution >= 4 is 29.3 Å². The van der Waals surface area contributed by atoms with Crippen LogP contribution in [0.15, 0.2) is 28.9 Å². The van der Waals surface area contributed by atoms with Gasteiger partial charge in [0.15, 0.2) is 0 Å². The van der Waals surface area contributed by atoms with Crippen LogP contribution in [0, 0.1) is 10.1 Å². The van der Waals surface area contributed by atoms with Crippen molar-refractivity contribution in [3.8, 4) is 0 Å². The van der Waals surface area contributed by atoms with Gasteiger partial charge >= 0.3 is 11.1 Å². The summed E-state index contributed by atoms with van der Waals surface area (Å²) in [5, 5.41) is 10.4. The van der Waals surface area contributed by atoms with Crippen molar-refractivity contribution in [1.29, 1.82) is 0 Å². The molecule has 1 saturated heterocycles. The van der Waals surface area contributed by atoms with E-state index in [2.05, 4.69) is 9.82 Å². The summed E-state index contributed by atoms with van der Waals surface area (Å²) in [6, 6.07) is 3.56. The first-order valence-corrected chi connectivity index (χ1v) is 7.95. The molecule has 0 N–H and O–H groups in total. The molecule has 2 heterocycles. The van der Waals surface area contributed by atoms with Crippen LogP contribution < -0.4 is 0 Å². The Kier molecular flexibility index (Phi) is 5.62. The molecule has 2 rings (SSSR count). The summed E-state index contributed by atoms with van der Waals surface area (Å²) >= 11 is 7.25. The lowest BCUT2D eigenvalue weighted by Gasteiger charge is -2.21. The average molecular weight is 344 g/mol. The Hall–Kier alpha value is -1.80. The highest BCUT2D eigenvalue weighted by molar-refractivity contribution is 8.03. The molecule has 22 heavy (non-hydrogen) atoms. The van der Waals surface area contributed by atoms with E-state index in [1.807, 2.05) is 11.0 Å². The van der Waals surface area contributed by atoms with Crippen molar-refractivity contribution in [3.05, 3.63) is 49.8 Å². The Morgan fingerprint density at radius 1 is 1.59 bits per heavy atom. The van der Waals surface area contributed by atoms with Crippen molar-refractivity contribution in [2.24, 2.45) is 0 Å². The zero-order valence-corrected chi connectivity index (χ0v) is 13.4. The maximum absolute atomic E-state index is 11.8. The normalized spacial score (nSPS) is 16.5. The Morgan fingerprint density at radius 3 is 2.95 bits per heavy atom. The number of hydrogen-bond donors (Lipinski definition) is 0. The molecule has 7 nitrogen and oxygen atoms in total. The highest BCUT2D eigenvalue weighted by Crippen LogP contribution is 2.33. The van der Waals surface area contributed by atoms with E-state index in [-0.39, 0.29) is 0 Å². The second-order valence-corrected chi connectivity index (χ2v) is 5.97. The first kappa shape index (κ1) is 16.6. The average Bonchev–Trinajstić information content (AvgIpc) is 2.89. The van der Waals surface area contributed by atoms with Crippen LogP contribution in [-0.4, -0.2) is 33.2 Å². The summed E-state index contributed by atoms with van der Waals surface area (Å²) in [4.78, 5) is 32.3. The summed E-state index contributed by atoms with van der Waals surface area (Å²) in [6.07, 6.45) is 2.04. The van der Waals surface area contributed by atoms with Gasteiger partial charge in [-0.15, -0.1) is 21.9 Å². The molecular formula is C13H14ClN3O4S. The number of aromatic nitrogens is 1. The lowest BCUT2D eigenvalue weighted by Crippen LogP contribution is -2.22. The van der Waals surface area contributed by atoms with E-state index in [4.69, 9.17) is 11.6 Å². The predicted molar refractivity (Wildman–Crippen MR) is 82.5 cm³/mol. The standard InChI is InChI=1S/C13H14ClN3O4S/c1-2-10(13(18)21-17(19)20)12-16(5-6-22-12)8-9-3-4-11(14)15-7-9/h3-4,7H,2,5-6,8H2,1H3. The van der Waals surface area contributed by atoms with Gasteiger partial charge in [0.05, 0.1) is 10.6 Å². The van der Waals surface area contributed by atoms with Crippen LogP contribution in [0.3, 0.4) is 0 Å². The fraction of sp³-hybridized carbons (Fsp3) is 0.385. The number of carbonyl (C=O) groups is 1. The molecule has 1 aromatic heterocycles. The van der Waals surface area contributed by atoms with E-state index in [0.29, 0.717) is 23.7 Å². The Balaban J connectivity index is 2.20. The molecule has 0 bridgehead atoms. The maximum Gasteiger partial charge on any atom is 0.333 e. The Labute approximate surface area is 136 Å². The van der Waals surface area contributed by atoms with Crippen molar-refractivity contribution < 1.29 is 14.7 Å². The van der Waals surface area contributed by atoms with E-state index >= 15 is 0 Å². The predicted octanol–water partition coefficient (Wildman–Crippen LogP) is 2.64. The fourth-order valence-corrected chi connectivity index (χ4v) is 3.46. The quantitative estimate of drug-likeness (QED) is 0.351. The lowest BCUT2D eigenvalue weighted by atomic mass is 10.2. The van der Waals surface area contributed by atoms with Crippen LogP contribution >= 0.6 is 23.4 Å². The monoisotopic (exact) mass is 343 g/mol. The van der Waals surface area contributed by atoms with Crippen LogP contribution in [0.1, 0.15) is 18.9 Å². The zero-order chi connectivity index (χ0) is 16.1. The summed E-state index contributed by atoms with van der Waals surface area (Å²) < 4.78 is 0. The molecule has 9 heteroatoms. The van der Waals surface area contributed by atoms with Gasteiger partial charge in [-0.1, -0.05) is 24.6 Å². The van der Waals surface area contributed by atoms with Crippen LogP contribution in [0.2, 0.25) is 5.15 Å². The number of pyridine rings is 1. The van der Waals surface area contributed by atoms with Crippen LogP contribution in [-0.2, 0) is 16.2 Å². The number of rotatable bonds is 5. The molecule has 1 aliphatic heterocycles. The minimum absolute atomic E-state index is 0.320. The molecule has 0 aromatic carbocycles. The number of nitrogens with zero attached hydrogens (tertiary/aromatic N) is 3. The van der Waals surface area contributed by atoms with Gasteiger partial charge < -0.3 is 4.90 Å². The molecule has 0 radical (unpaired) electrons. The molecule has 118 valence electrons. The van der Waals surface area contributed by atoms with Crippen molar-refractivity contribution in [3.63, 3.8) is 0 Å². The SMILES string of the molecule is CCC(C(=O)O[N+](=O)[O-])=C1SCCN1Cc1ccc(Cl)nc1. The first-order valence-electron chi connectivity index (χ1n) is 6.59. The van der Waals surface area contributed by atoms with E-state index in [1.165, 1.54) is 11.8 Å². The lowest BCUT2D eigenvalue weighted by molar-refractivity contribution is -0.728. The summed E-state index contributed by atoms with van der Waals surface area (Å²) in [5.41, 5.74) is 1.27. The highest BCUT2D eigenvalue weighted by atomic mass is 35.5. The first-order chi connectivity index (χ1) is 10.5. The molecule has 1 fully saturated rings. The third kappa shape index (κ3) is 4.11.